The van der Waals surface area contributed by atoms with E-state index < -0.39 is 0 Å². The van der Waals surface area contributed by atoms with Gasteiger partial charge < -0.3 is 19.5 Å². The van der Waals surface area contributed by atoms with Gasteiger partial charge in [0, 0.05) is 25.1 Å². The molecule has 2 aromatic heterocycles. The van der Waals surface area contributed by atoms with E-state index in [2.05, 4.69) is 10.4 Å². The van der Waals surface area contributed by atoms with E-state index in [9.17, 15) is 9.59 Å². The second kappa shape index (κ2) is 7.63. The molecule has 0 atom stereocenters. The maximum atomic E-state index is 12.2. The first-order chi connectivity index (χ1) is 12.4. The lowest BCUT2D eigenvalue weighted by Crippen LogP contribution is -2.40. The van der Waals surface area contributed by atoms with E-state index in [4.69, 9.17) is 4.42 Å². The first-order valence-corrected chi connectivity index (χ1v) is 8.78. The summed E-state index contributed by atoms with van der Waals surface area (Å²) in [6.07, 6.45) is 3.21. The van der Waals surface area contributed by atoms with Crippen LogP contribution >= 0.6 is 0 Å². The van der Waals surface area contributed by atoms with Gasteiger partial charge in [-0.2, -0.15) is 5.10 Å². The van der Waals surface area contributed by atoms with Gasteiger partial charge in [-0.05, 0) is 12.1 Å². The average Bonchev–Trinajstić information content (AvgIpc) is 3.27. The van der Waals surface area contributed by atoms with Crippen molar-refractivity contribution >= 4 is 11.9 Å². The zero-order valence-electron chi connectivity index (χ0n) is 15.4. The van der Waals surface area contributed by atoms with E-state index in [1.807, 2.05) is 35.6 Å². The van der Waals surface area contributed by atoms with Crippen molar-refractivity contribution in [3.63, 3.8) is 0 Å². The number of nitrogens with one attached hydrogen (secondary N) is 1. The molecule has 3 heterocycles. The number of fused-ring (bicyclic) bond motifs is 1. The summed E-state index contributed by atoms with van der Waals surface area (Å²) in [7, 11) is 1.73. The zero-order chi connectivity index (χ0) is 18.7. The van der Waals surface area contributed by atoms with Gasteiger partial charge in [0.25, 0.3) is 0 Å². The predicted octanol–water partition coefficient (Wildman–Crippen LogP) is 1.82. The van der Waals surface area contributed by atoms with Gasteiger partial charge >= 0.3 is 6.03 Å². The van der Waals surface area contributed by atoms with Crippen LogP contribution in [0, 0.1) is 5.92 Å². The van der Waals surface area contributed by atoms with Gasteiger partial charge in [-0.1, -0.05) is 13.8 Å². The summed E-state index contributed by atoms with van der Waals surface area (Å²) < 4.78 is 6.93. The maximum absolute atomic E-state index is 12.2. The van der Waals surface area contributed by atoms with E-state index in [-0.39, 0.29) is 17.9 Å². The van der Waals surface area contributed by atoms with Crippen molar-refractivity contribution in [3.8, 4) is 0 Å². The summed E-state index contributed by atoms with van der Waals surface area (Å²) in [4.78, 5) is 27.8. The number of amides is 3. The van der Waals surface area contributed by atoms with Crippen LogP contribution in [0.25, 0.3) is 0 Å². The minimum atomic E-state index is -0.172. The lowest BCUT2D eigenvalue weighted by atomic mass is 10.1. The van der Waals surface area contributed by atoms with Crippen LogP contribution in [-0.4, -0.2) is 45.1 Å². The highest BCUT2D eigenvalue weighted by Crippen LogP contribution is 2.16. The van der Waals surface area contributed by atoms with E-state index in [1.54, 1.807) is 24.5 Å². The van der Waals surface area contributed by atoms with Gasteiger partial charge in [-0.3, -0.25) is 9.48 Å². The minimum absolute atomic E-state index is 0.00556. The Balaban J connectivity index is 1.54. The van der Waals surface area contributed by atoms with E-state index >= 15 is 0 Å². The van der Waals surface area contributed by atoms with Gasteiger partial charge in [-0.25, -0.2) is 4.79 Å². The molecule has 0 unspecified atom stereocenters. The molecule has 3 amide bonds. The second-order valence-electron chi connectivity index (χ2n) is 6.91. The summed E-state index contributed by atoms with van der Waals surface area (Å²) in [6.45, 7) is 6.58. The Labute approximate surface area is 152 Å². The predicted molar refractivity (Wildman–Crippen MR) is 94.9 cm³/mol. The Kier molecular flexibility index (Phi) is 5.29. The zero-order valence-corrected chi connectivity index (χ0v) is 15.4. The third-order valence-electron chi connectivity index (χ3n) is 4.42. The molecule has 0 aliphatic carbocycles. The molecule has 2 aromatic rings. The van der Waals surface area contributed by atoms with Crippen molar-refractivity contribution < 1.29 is 14.0 Å². The first-order valence-electron chi connectivity index (χ1n) is 8.78. The van der Waals surface area contributed by atoms with Crippen molar-refractivity contribution in [2.75, 3.05) is 13.6 Å². The third kappa shape index (κ3) is 4.07. The number of aromatic nitrogens is 2. The Hall–Kier alpha value is -2.77. The van der Waals surface area contributed by atoms with Gasteiger partial charge in [0.2, 0.25) is 5.91 Å². The molecule has 1 aliphatic rings. The first kappa shape index (κ1) is 18.0. The molecule has 8 nitrogen and oxygen atoms in total. The Bertz CT molecular complexity index is 766. The SMILES string of the molecule is CC(C)C(=O)N1CCn2nc(CNC(=O)N(C)Cc3ccoc3)cc2C1. The van der Waals surface area contributed by atoms with Crippen LogP contribution < -0.4 is 5.32 Å². The molecule has 3 rings (SSSR count). The molecule has 0 saturated carbocycles. The lowest BCUT2D eigenvalue weighted by Gasteiger charge is -2.29. The number of furan rings is 1. The van der Waals surface area contributed by atoms with Gasteiger partial charge in [0.1, 0.15) is 0 Å². The van der Waals surface area contributed by atoms with Gasteiger partial charge in [0.15, 0.2) is 0 Å². The number of rotatable bonds is 5. The highest BCUT2D eigenvalue weighted by atomic mass is 16.3. The highest BCUT2D eigenvalue weighted by Gasteiger charge is 2.24. The van der Waals surface area contributed by atoms with Crippen LogP contribution in [0.2, 0.25) is 0 Å². The molecular weight excluding hydrogens is 334 g/mol. The molecule has 0 saturated heterocycles. The second-order valence-corrected chi connectivity index (χ2v) is 6.91. The number of carbonyl (C=O) groups excluding carboxylic acids is 2. The van der Waals surface area contributed by atoms with Crippen LogP contribution in [-0.2, 0) is 31.0 Å². The number of hydrogen-bond donors (Lipinski definition) is 1. The van der Waals surface area contributed by atoms with E-state index in [0.717, 1.165) is 17.0 Å². The van der Waals surface area contributed by atoms with Crippen molar-refractivity contribution in [2.24, 2.45) is 5.92 Å². The largest absolute Gasteiger partial charge is 0.472 e. The molecule has 0 aromatic carbocycles. The fraction of sp³-hybridized carbons (Fsp3) is 0.500. The van der Waals surface area contributed by atoms with E-state index in [1.165, 1.54) is 0 Å². The lowest BCUT2D eigenvalue weighted by molar-refractivity contribution is -0.136. The van der Waals surface area contributed by atoms with Crippen LogP contribution in [0.4, 0.5) is 4.79 Å². The average molecular weight is 359 g/mol. The summed E-state index contributed by atoms with van der Waals surface area (Å²) in [6, 6.07) is 3.61. The van der Waals surface area contributed by atoms with Crippen LogP contribution in [0.1, 0.15) is 30.8 Å². The molecule has 0 spiro atoms. The number of nitrogens with zero attached hydrogens (tertiary/aromatic N) is 4. The summed E-state index contributed by atoms with van der Waals surface area (Å²) in [5.74, 6) is 0.155. The normalized spacial score (nSPS) is 13.6. The molecule has 140 valence electrons. The number of urea groups is 1. The summed E-state index contributed by atoms with van der Waals surface area (Å²) in [5, 5.41) is 7.40. The smallest absolute Gasteiger partial charge is 0.317 e. The van der Waals surface area contributed by atoms with Crippen molar-refractivity contribution in [1.29, 1.82) is 0 Å². The molecule has 8 heteroatoms. The minimum Gasteiger partial charge on any atom is -0.472 e. The van der Waals surface area contributed by atoms with Crippen molar-refractivity contribution in [3.05, 3.63) is 41.6 Å². The van der Waals surface area contributed by atoms with Gasteiger partial charge in [0.05, 0.1) is 50.1 Å². The van der Waals surface area contributed by atoms with Crippen molar-refractivity contribution in [1.82, 2.24) is 24.9 Å². The molecule has 1 N–H and O–H groups in total. The summed E-state index contributed by atoms with van der Waals surface area (Å²) >= 11 is 0. The Morgan fingerprint density at radius 3 is 2.88 bits per heavy atom. The molecule has 0 radical (unpaired) electrons. The molecular formula is C18H25N5O3. The molecule has 1 aliphatic heterocycles. The van der Waals surface area contributed by atoms with Crippen LogP contribution in [0.5, 0.6) is 0 Å². The van der Waals surface area contributed by atoms with Gasteiger partial charge in [-0.15, -0.1) is 0 Å². The van der Waals surface area contributed by atoms with Crippen LogP contribution in [0.15, 0.2) is 29.1 Å². The molecule has 0 bridgehead atoms. The topological polar surface area (TPSA) is 83.6 Å². The third-order valence-corrected chi connectivity index (χ3v) is 4.42. The fourth-order valence-electron chi connectivity index (χ4n) is 2.99. The van der Waals surface area contributed by atoms with E-state index in [0.29, 0.717) is 32.7 Å². The van der Waals surface area contributed by atoms with Crippen molar-refractivity contribution in [2.45, 2.75) is 40.0 Å². The Morgan fingerprint density at radius 2 is 2.19 bits per heavy atom. The number of carbonyl (C=O) groups is 2. The standard InChI is InChI=1S/C18H25N5O3/c1-13(2)17(24)22-5-6-23-16(11-22)8-15(20-23)9-19-18(25)21(3)10-14-4-7-26-12-14/h4,7-8,12-13H,5-6,9-11H2,1-3H3,(H,19,25). The fourth-order valence-corrected chi connectivity index (χ4v) is 2.99. The monoisotopic (exact) mass is 359 g/mol. The highest BCUT2D eigenvalue weighted by molar-refractivity contribution is 5.78. The maximum Gasteiger partial charge on any atom is 0.317 e. The van der Waals surface area contributed by atoms with Crippen LogP contribution in [0.3, 0.4) is 0 Å². The quantitative estimate of drug-likeness (QED) is 0.883. The number of hydrogen-bond acceptors (Lipinski definition) is 4. The molecule has 26 heavy (non-hydrogen) atoms. The molecule has 0 fully saturated rings. The summed E-state index contributed by atoms with van der Waals surface area (Å²) in [5.41, 5.74) is 2.74. The Morgan fingerprint density at radius 1 is 1.38 bits per heavy atom.